The summed E-state index contributed by atoms with van der Waals surface area (Å²) in [5, 5.41) is 0. The number of nitrogens with two attached hydrogens (primary N) is 1. The van der Waals surface area contributed by atoms with Crippen molar-refractivity contribution in [3.63, 3.8) is 0 Å². The van der Waals surface area contributed by atoms with Crippen LogP contribution in [0.3, 0.4) is 0 Å². The molecule has 1 aromatic carbocycles. The molecular weight excluding hydrogens is 290 g/mol. The fourth-order valence-corrected chi connectivity index (χ4v) is 3.56. The Labute approximate surface area is 128 Å². The van der Waals surface area contributed by atoms with Crippen molar-refractivity contribution in [2.24, 2.45) is 11.7 Å². The average molecular weight is 309 g/mol. The van der Waals surface area contributed by atoms with E-state index in [-0.39, 0.29) is 11.9 Å². The monoisotopic (exact) mass is 309 g/mol. The second-order valence-electron chi connectivity index (χ2n) is 5.40. The van der Waals surface area contributed by atoms with Gasteiger partial charge in [0.1, 0.15) is 18.8 Å². The summed E-state index contributed by atoms with van der Waals surface area (Å²) < 4.78 is 15.9. The van der Waals surface area contributed by atoms with E-state index >= 15 is 0 Å². The lowest BCUT2D eigenvalue weighted by Gasteiger charge is -2.26. The van der Waals surface area contributed by atoms with Crippen LogP contribution < -0.4 is 15.2 Å². The van der Waals surface area contributed by atoms with Crippen LogP contribution in [-0.4, -0.2) is 37.6 Å². The van der Waals surface area contributed by atoms with Gasteiger partial charge in [0.05, 0.1) is 7.11 Å². The van der Waals surface area contributed by atoms with Crippen molar-refractivity contribution in [2.45, 2.75) is 23.3 Å². The number of benzene rings is 1. The van der Waals surface area contributed by atoms with Gasteiger partial charge in [0.25, 0.3) is 0 Å². The van der Waals surface area contributed by atoms with Gasteiger partial charge in [0.15, 0.2) is 11.5 Å². The lowest BCUT2D eigenvalue weighted by Crippen LogP contribution is -2.53. The number of thioether (sulfide) groups is 1. The molecule has 1 unspecified atom stereocenters. The highest BCUT2D eigenvalue weighted by atomic mass is 32.2. The molecule has 1 aliphatic carbocycles. The van der Waals surface area contributed by atoms with Crippen LogP contribution in [-0.2, 0) is 9.53 Å². The highest BCUT2D eigenvalue weighted by molar-refractivity contribution is 7.99. The Morgan fingerprint density at radius 3 is 2.76 bits per heavy atom. The molecule has 1 aliphatic heterocycles. The van der Waals surface area contributed by atoms with Crippen molar-refractivity contribution in [3.8, 4) is 11.5 Å². The van der Waals surface area contributed by atoms with E-state index in [2.05, 4.69) is 0 Å². The Morgan fingerprint density at radius 1 is 1.38 bits per heavy atom. The number of methoxy groups -OCH3 is 1. The lowest BCUT2D eigenvalue weighted by molar-refractivity contribution is -0.146. The first-order valence-electron chi connectivity index (χ1n) is 7.03. The van der Waals surface area contributed by atoms with Gasteiger partial charge < -0.3 is 19.9 Å². The Morgan fingerprint density at radius 2 is 2.10 bits per heavy atom. The Bertz CT molecular complexity index is 546. The van der Waals surface area contributed by atoms with Crippen LogP contribution in [0.1, 0.15) is 12.8 Å². The first kappa shape index (κ1) is 14.5. The summed E-state index contributed by atoms with van der Waals surface area (Å²) in [5.74, 6) is 1.92. The number of carbonyl (C=O) groups is 1. The molecular formula is C15H19NO4S. The molecule has 3 rings (SSSR count). The van der Waals surface area contributed by atoms with Crippen LogP contribution in [0.15, 0.2) is 23.1 Å². The van der Waals surface area contributed by atoms with Gasteiger partial charge in [-0.25, -0.2) is 0 Å². The molecule has 5 nitrogen and oxygen atoms in total. The maximum absolute atomic E-state index is 12.0. The van der Waals surface area contributed by atoms with E-state index in [9.17, 15) is 4.79 Å². The fourth-order valence-electron chi connectivity index (χ4n) is 2.45. The summed E-state index contributed by atoms with van der Waals surface area (Å²) in [7, 11) is 1.39. The Kier molecular flexibility index (Phi) is 3.99. The maximum Gasteiger partial charge on any atom is 0.327 e. The number of carbonyl (C=O) groups excluding carboxylic acids is 1. The van der Waals surface area contributed by atoms with Gasteiger partial charge in [-0.05, 0) is 37.0 Å². The van der Waals surface area contributed by atoms with E-state index in [1.807, 2.05) is 18.2 Å². The van der Waals surface area contributed by atoms with E-state index in [4.69, 9.17) is 19.9 Å². The maximum atomic E-state index is 12.0. The summed E-state index contributed by atoms with van der Waals surface area (Å²) in [6.45, 7) is 1.14. The quantitative estimate of drug-likeness (QED) is 0.661. The molecule has 1 atom stereocenters. The summed E-state index contributed by atoms with van der Waals surface area (Å²) in [6.07, 6.45) is 1.99. The third-order valence-electron chi connectivity index (χ3n) is 3.86. The first-order valence-corrected chi connectivity index (χ1v) is 8.02. The predicted molar refractivity (Wildman–Crippen MR) is 79.8 cm³/mol. The minimum Gasteiger partial charge on any atom is -0.486 e. The van der Waals surface area contributed by atoms with Crippen LogP contribution in [0.25, 0.3) is 0 Å². The number of ether oxygens (including phenoxy) is 3. The van der Waals surface area contributed by atoms with E-state index in [1.165, 1.54) is 7.11 Å². The molecule has 1 heterocycles. The van der Waals surface area contributed by atoms with Gasteiger partial charge in [-0.15, -0.1) is 11.8 Å². The average Bonchev–Trinajstić information content (AvgIpc) is 3.36. The summed E-state index contributed by atoms with van der Waals surface area (Å²) in [6, 6.07) is 5.79. The highest BCUT2D eigenvalue weighted by Crippen LogP contribution is 2.42. The molecule has 0 spiro atoms. The first-order chi connectivity index (χ1) is 10.1. The summed E-state index contributed by atoms with van der Waals surface area (Å²) in [5.41, 5.74) is 5.40. The van der Waals surface area contributed by atoms with E-state index in [0.29, 0.717) is 19.0 Å². The summed E-state index contributed by atoms with van der Waals surface area (Å²) in [4.78, 5) is 13.0. The molecule has 0 bridgehead atoms. The Balaban J connectivity index is 1.70. The van der Waals surface area contributed by atoms with Crippen LogP contribution in [0.4, 0.5) is 0 Å². The van der Waals surface area contributed by atoms with Gasteiger partial charge >= 0.3 is 5.97 Å². The van der Waals surface area contributed by atoms with Gasteiger partial charge in [-0.1, -0.05) is 0 Å². The number of rotatable bonds is 5. The smallest absolute Gasteiger partial charge is 0.327 e. The van der Waals surface area contributed by atoms with E-state index in [0.717, 1.165) is 29.2 Å². The van der Waals surface area contributed by atoms with Crippen LogP contribution in [0.2, 0.25) is 0 Å². The van der Waals surface area contributed by atoms with Crippen LogP contribution in [0, 0.1) is 5.92 Å². The number of esters is 1. The minimum atomic E-state index is -0.896. The molecule has 1 aromatic rings. The number of fused-ring (bicyclic) bond motifs is 1. The molecule has 0 radical (unpaired) electrons. The predicted octanol–water partition coefficient (Wildman–Crippen LogP) is 1.83. The molecule has 2 N–H and O–H groups in total. The molecule has 0 aromatic heterocycles. The largest absolute Gasteiger partial charge is 0.486 e. The van der Waals surface area contributed by atoms with Crippen molar-refractivity contribution in [2.75, 3.05) is 26.1 Å². The summed E-state index contributed by atoms with van der Waals surface area (Å²) >= 11 is 1.55. The SMILES string of the molecule is COC(=O)C(N)(CSc1ccc2c(c1)OCCO2)C1CC1. The second-order valence-corrected chi connectivity index (χ2v) is 6.45. The van der Waals surface area contributed by atoms with Crippen molar-refractivity contribution < 1.29 is 19.0 Å². The van der Waals surface area contributed by atoms with E-state index < -0.39 is 5.54 Å². The zero-order chi connectivity index (χ0) is 14.9. The second kappa shape index (κ2) is 5.77. The third kappa shape index (κ3) is 2.96. The zero-order valence-corrected chi connectivity index (χ0v) is 12.8. The molecule has 6 heteroatoms. The highest BCUT2D eigenvalue weighted by Gasteiger charge is 2.48. The van der Waals surface area contributed by atoms with Crippen LogP contribution in [0.5, 0.6) is 11.5 Å². The van der Waals surface area contributed by atoms with Gasteiger partial charge in [0, 0.05) is 10.6 Å². The minimum absolute atomic E-state index is 0.231. The van der Waals surface area contributed by atoms with Gasteiger partial charge in [-0.3, -0.25) is 4.79 Å². The third-order valence-corrected chi connectivity index (χ3v) is 5.07. The fraction of sp³-hybridized carbons (Fsp3) is 0.533. The zero-order valence-electron chi connectivity index (χ0n) is 12.0. The number of hydrogen-bond donors (Lipinski definition) is 1. The standard InChI is InChI=1S/C15H19NO4S/c1-18-14(17)15(16,10-2-3-10)9-21-11-4-5-12-13(8-11)20-7-6-19-12/h4-5,8,10H,2-3,6-7,9,16H2,1H3. The lowest BCUT2D eigenvalue weighted by atomic mass is 9.97. The van der Waals surface area contributed by atoms with Crippen molar-refractivity contribution in [1.29, 1.82) is 0 Å². The van der Waals surface area contributed by atoms with Gasteiger partial charge in [-0.2, -0.15) is 0 Å². The Hall–Kier alpha value is -1.40. The van der Waals surface area contributed by atoms with Crippen molar-refractivity contribution in [1.82, 2.24) is 0 Å². The van der Waals surface area contributed by atoms with E-state index in [1.54, 1.807) is 11.8 Å². The topological polar surface area (TPSA) is 70.8 Å². The molecule has 21 heavy (non-hydrogen) atoms. The van der Waals surface area contributed by atoms with Gasteiger partial charge in [0.2, 0.25) is 0 Å². The molecule has 0 amide bonds. The molecule has 0 saturated heterocycles. The number of hydrogen-bond acceptors (Lipinski definition) is 6. The molecule has 114 valence electrons. The molecule has 2 aliphatic rings. The van der Waals surface area contributed by atoms with Crippen molar-refractivity contribution in [3.05, 3.63) is 18.2 Å². The van der Waals surface area contributed by atoms with Crippen LogP contribution >= 0.6 is 11.8 Å². The normalized spacial score (nSPS) is 19.7. The van der Waals surface area contributed by atoms with Crippen molar-refractivity contribution >= 4 is 17.7 Å². The molecule has 1 saturated carbocycles. The molecule has 1 fully saturated rings.